The molecule has 0 amide bonds. The summed E-state index contributed by atoms with van der Waals surface area (Å²) in [7, 11) is 0.710. The van der Waals surface area contributed by atoms with Crippen LogP contribution >= 0.6 is 0 Å². The zero-order valence-corrected chi connectivity index (χ0v) is 8.93. The summed E-state index contributed by atoms with van der Waals surface area (Å²) in [5.41, 5.74) is 0. The Morgan fingerprint density at radius 3 is 2.69 bits per heavy atom. The zero-order valence-electron chi connectivity index (χ0n) is 8.12. The number of sulfone groups is 1. The van der Waals surface area contributed by atoms with Gasteiger partial charge in [0, 0.05) is 13.2 Å². The van der Waals surface area contributed by atoms with Crippen LogP contribution in [0.5, 0.6) is 0 Å². The SMILES string of the molecule is CNC(COC)C1CCS(=O)(=O)C1. The van der Waals surface area contributed by atoms with Crippen LogP contribution in [0.25, 0.3) is 0 Å². The molecular formula is C8H17NO3S. The van der Waals surface area contributed by atoms with E-state index < -0.39 is 9.84 Å². The van der Waals surface area contributed by atoms with Crippen molar-refractivity contribution in [3.8, 4) is 0 Å². The minimum absolute atomic E-state index is 0.169. The molecule has 1 aliphatic rings. The topological polar surface area (TPSA) is 55.4 Å². The first-order valence-electron chi connectivity index (χ1n) is 4.45. The molecule has 1 aliphatic heterocycles. The lowest BCUT2D eigenvalue weighted by molar-refractivity contribution is 0.148. The van der Waals surface area contributed by atoms with Gasteiger partial charge in [-0.15, -0.1) is 0 Å². The Morgan fingerprint density at radius 1 is 1.62 bits per heavy atom. The van der Waals surface area contributed by atoms with Crippen molar-refractivity contribution in [1.29, 1.82) is 0 Å². The Morgan fingerprint density at radius 2 is 2.31 bits per heavy atom. The van der Waals surface area contributed by atoms with Crippen LogP contribution in [0.4, 0.5) is 0 Å². The highest BCUT2D eigenvalue weighted by atomic mass is 32.2. The minimum atomic E-state index is -2.76. The zero-order chi connectivity index (χ0) is 9.90. The number of rotatable bonds is 4. The number of hydrogen-bond acceptors (Lipinski definition) is 4. The van der Waals surface area contributed by atoms with Crippen LogP contribution in [0.3, 0.4) is 0 Å². The van der Waals surface area contributed by atoms with Crippen LogP contribution < -0.4 is 5.32 Å². The Hall–Kier alpha value is -0.130. The van der Waals surface area contributed by atoms with Gasteiger partial charge in [0.25, 0.3) is 0 Å². The summed E-state index contributed by atoms with van der Waals surface area (Å²) in [6.07, 6.45) is 0.761. The lowest BCUT2D eigenvalue weighted by Crippen LogP contribution is -2.38. The highest BCUT2D eigenvalue weighted by Gasteiger charge is 2.32. The van der Waals surface area contributed by atoms with E-state index in [1.165, 1.54) is 0 Å². The van der Waals surface area contributed by atoms with Crippen LogP contribution in [0.15, 0.2) is 0 Å². The van der Waals surface area contributed by atoms with Crippen molar-refractivity contribution < 1.29 is 13.2 Å². The molecule has 13 heavy (non-hydrogen) atoms. The summed E-state index contributed by atoms with van der Waals surface area (Å²) < 4.78 is 27.4. The van der Waals surface area contributed by atoms with Crippen LogP contribution in [0.1, 0.15) is 6.42 Å². The van der Waals surface area contributed by atoms with E-state index in [9.17, 15) is 8.42 Å². The van der Waals surface area contributed by atoms with Gasteiger partial charge >= 0.3 is 0 Å². The van der Waals surface area contributed by atoms with Crippen LogP contribution in [-0.4, -0.2) is 46.7 Å². The average Bonchev–Trinajstić information content (AvgIpc) is 2.42. The quantitative estimate of drug-likeness (QED) is 0.685. The number of nitrogens with one attached hydrogen (secondary N) is 1. The molecule has 0 aromatic heterocycles. The molecule has 1 fully saturated rings. The molecule has 0 bridgehead atoms. The van der Waals surface area contributed by atoms with E-state index in [1.807, 2.05) is 7.05 Å². The van der Waals surface area contributed by atoms with E-state index in [1.54, 1.807) is 7.11 Å². The van der Waals surface area contributed by atoms with Gasteiger partial charge in [-0.3, -0.25) is 0 Å². The van der Waals surface area contributed by atoms with Crippen LogP contribution in [-0.2, 0) is 14.6 Å². The first-order valence-corrected chi connectivity index (χ1v) is 6.28. The molecule has 1 heterocycles. The van der Waals surface area contributed by atoms with E-state index in [0.717, 1.165) is 6.42 Å². The summed E-state index contributed by atoms with van der Waals surface area (Å²) in [5.74, 6) is 0.858. The molecule has 4 nitrogen and oxygen atoms in total. The lowest BCUT2D eigenvalue weighted by Gasteiger charge is -2.20. The summed E-state index contributed by atoms with van der Waals surface area (Å²) >= 11 is 0. The van der Waals surface area contributed by atoms with Crippen molar-refractivity contribution in [3.05, 3.63) is 0 Å². The van der Waals surface area contributed by atoms with E-state index in [0.29, 0.717) is 18.1 Å². The van der Waals surface area contributed by atoms with Gasteiger partial charge < -0.3 is 10.1 Å². The molecular weight excluding hydrogens is 190 g/mol. The highest BCUT2D eigenvalue weighted by molar-refractivity contribution is 7.91. The second-order valence-corrected chi connectivity index (χ2v) is 5.74. The van der Waals surface area contributed by atoms with Gasteiger partial charge in [0.15, 0.2) is 9.84 Å². The second kappa shape index (κ2) is 4.39. The summed E-state index contributed by atoms with van der Waals surface area (Å²) in [6, 6.07) is 0.169. The first-order chi connectivity index (χ1) is 6.09. The third kappa shape index (κ3) is 2.93. The molecule has 2 unspecified atom stereocenters. The van der Waals surface area contributed by atoms with E-state index in [4.69, 9.17) is 4.74 Å². The molecule has 0 aromatic carbocycles. The molecule has 1 N–H and O–H groups in total. The molecule has 0 aliphatic carbocycles. The van der Waals surface area contributed by atoms with Gasteiger partial charge in [-0.2, -0.15) is 0 Å². The summed E-state index contributed by atoms with van der Waals surface area (Å²) in [6.45, 7) is 0.580. The van der Waals surface area contributed by atoms with Gasteiger partial charge in [0.05, 0.1) is 18.1 Å². The summed E-state index contributed by atoms with van der Waals surface area (Å²) in [5, 5.41) is 3.09. The monoisotopic (exact) mass is 207 g/mol. The Bertz CT molecular complexity index is 250. The van der Waals surface area contributed by atoms with Crippen molar-refractivity contribution in [1.82, 2.24) is 5.32 Å². The predicted molar refractivity (Wildman–Crippen MR) is 51.5 cm³/mol. The van der Waals surface area contributed by atoms with E-state index in [-0.39, 0.29) is 12.0 Å². The van der Waals surface area contributed by atoms with Gasteiger partial charge in [-0.25, -0.2) is 8.42 Å². The standard InChI is InChI=1S/C8H17NO3S/c1-9-8(5-12-2)7-3-4-13(10,11)6-7/h7-9H,3-6H2,1-2H3. The van der Waals surface area contributed by atoms with Gasteiger partial charge in [0.2, 0.25) is 0 Å². The fraction of sp³-hybridized carbons (Fsp3) is 1.00. The normalized spacial score (nSPS) is 28.9. The number of hydrogen-bond donors (Lipinski definition) is 1. The largest absolute Gasteiger partial charge is 0.383 e. The molecule has 1 saturated heterocycles. The maximum absolute atomic E-state index is 11.2. The van der Waals surface area contributed by atoms with Crippen molar-refractivity contribution in [2.24, 2.45) is 5.92 Å². The number of ether oxygens (including phenoxy) is 1. The van der Waals surface area contributed by atoms with Crippen LogP contribution in [0.2, 0.25) is 0 Å². The van der Waals surface area contributed by atoms with Crippen LogP contribution in [0, 0.1) is 5.92 Å². The van der Waals surface area contributed by atoms with Crippen molar-refractivity contribution >= 4 is 9.84 Å². The molecule has 0 spiro atoms. The molecule has 0 aromatic rings. The fourth-order valence-electron chi connectivity index (χ4n) is 1.78. The lowest BCUT2D eigenvalue weighted by atomic mass is 10.0. The Balaban J connectivity index is 2.52. The van der Waals surface area contributed by atoms with Crippen molar-refractivity contribution in [2.75, 3.05) is 32.3 Å². The highest BCUT2D eigenvalue weighted by Crippen LogP contribution is 2.21. The third-order valence-corrected chi connectivity index (χ3v) is 4.35. The number of likely N-dealkylation sites (N-methyl/N-ethyl adjacent to an activating group) is 1. The molecule has 78 valence electrons. The molecule has 2 atom stereocenters. The minimum Gasteiger partial charge on any atom is -0.383 e. The first kappa shape index (κ1) is 10.9. The Kier molecular flexibility index (Phi) is 3.70. The van der Waals surface area contributed by atoms with Crippen molar-refractivity contribution in [2.45, 2.75) is 12.5 Å². The van der Waals surface area contributed by atoms with Gasteiger partial charge in [-0.05, 0) is 19.4 Å². The van der Waals surface area contributed by atoms with Crippen molar-refractivity contribution in [3.63, 3.8) is 0 Å². The fourth-order valence-corrected chi connectivity index (χ4v) is 3.66. The Labute approximate surface area is 79.6 Å². The number of methoxy groups -OCH3 is 1. The maximum atomic E-state index is 11.2. The third-order valence-electron chi connectivity index (χ3n) is 2.55. The molecule has 0 radical (unpaired) electrons. The molecule has 1 rings (SSSR count). The van der Waals surface area contributed by atoms with E-state index in [2.05, 4.69) is 5.32 Å². The molecule has 5 heteroatoms. The average molecular weight is 207 g/mol. The molecule has 0 saturated carbocycles. The van der Waals surface area contributed by atoms with Gasteiger partial charge in [-0.1, -0.05) is 0 Å². The smallest absolute Gasteiger partial charge is 0.150 e. The second-order valence-electron chi connectivity index (χ2n) is 3.51. The summed E-state index contributed by atoms with van der Waals surface area (Å²) in [4.78, 5) is 0. The van der Waals surface area contributed by atoms with E-state index >= 15 is 0 Å². The predicted octanol–water partition coefficient (Wildman–Crippen LogP) is -0.344. The van der Waals surface area contributed by atoms with Gasteiger partial charge in [0.1, 0.15) is 0 Å². The maximum Gasteiger partial charge on any atom is 0.150 e.